The lowest BCUT2D eigenvalue weighted by Gasteiger charge is -1.91. The zero-order valence-electron chi connectivity index (χ0n) is 5.03. The van der Waals surface area contributed by atoms with Crippen LogP contribution in [-0.4, -0.2) is 9.55 Å². The molecule has 0 unspecified atom stereocenters. The molecule has 0 atom stereocenters. The van der Waals surface area contributed by atoms with E-state index >= 15 is 0 Å². The number of nitrogens with one attached hydrogen (secondary N) is 1. The van der Waals surface area contributed by atoms with Crippen LogP contribution in [0.3, 0.4) is 0 Å². The van der Waals surface area contributed by atoms with Gasteiger partial charge in [-0.15, -0.1) is 17.0 Å². The molecule has 0 saturated heterocycles. The third-order valence-corrected chi connectivity index (χ3v) is 0.953. The third-order valence-electron chi connectivity index (χ3n) is 0.953. The Hall–Kier alpha value is -0.640. The monoisotopic (exact) mass is 189 g/mol. The number of rotatable bonds is 0. The largest absolute Gasteiger partial charge is 0.334 e. The normalized spacial score (nSPS) is 8.11. The molecule has 0 aliphatic heterocycles. The van der Waals surface area contributed by atoms with Gasteiger partial charge in [0.2, 0.25) is 0 Å². The summed E-state index contributed by atoms with van der Waals surface area (Å²) in [4.78, 5) is 3.74. The Kier molecular flexibility index (Phi) is 3.16. The fraction of sp³-hybridized carbons (Fsp3) is 0.200. The quantitative estimate of drug-likeness (QED) is 0.635. The summed E-state index contributed by atoms with van der Waals surface area (Å²) in [7, 11) is 1.81. The summed E-state index contributed by atoms with van der Waals surface area (Å²) in [6, 6.07) is 0. The van der Waals surface area contributed by atoms with Crippen molar-refractivity contribution in [3.8, 4) is 0 Å². The number of aryl methyl sites for hydroxylation is 1. The van der Waals surface area contributed by atoms with Crippen molar-refractivity contribution in [3.05, 3.63) is 24.1 Å². The predicted octanol–water partition coefficient (Wildman–Crippen LogP) is 0.477. The lowest BCUT2D eigenvalue weighted by molar-refractivity contribution is 0.798. The number of nitrogens with zero attached hydrogens (tertiary/aromatic N) is 2. The second kappa shape index (κ2) is 3.40. The van der Waals surface area contributed by atoms with Gasteiger partial charge in [-0.3, -0.25) is 10.4 Å². The highest BCUT2D eigenvalue weighted by molar-refractivity contribution is 8.93. The molecule has 0 fully saturated rings. The van der Waals surface area contributed by atoms with E-state index in [9.17, 15) is 0 Å². The van der Waals surface area contributed by atoms with E-state index in [4.69, 9.17) is 5.41 Å². The number of halogens is 1. The van der Waals surface area contributed by atoms with E-state index in [1.54, 1.807) is 17.0 Å². The fourth-order valence-electron chi connectivity index (χ4n) is 0.423. The van der Waals surface area contributed by atoms with Crippen molar-refractivity contribution in [1.82, 2.24) is 9.55 Å². The Morgan fingerprint density at radius 3 is 2.67 bits per heavy atom. The molecule has 1 rings (SSSR count). The summed E-state index contributed by atoms with van der Waals surface area (Å²) in [6.45, 7) is 0. The summed E-state index contributed by atoms with van der Waals surface area (Å²) in [6.07, 6.45) is 4.89. The van der Waals surface area contributed by atoms with Crippen LogP contribution in [0.4, 0.5) is 0 Å². The zero-order valence-corrected chi connectivity index (χ0v) is 6.75. The number of hydrogen-bond acceptors (Lipinski definition) is 2. The van der Waals surface area contributed by atoms with Gasteiger partial charge in [0.05, 0.1) is 6.20 Å². The van der Waals surface area contributed by atoms with Gasteiger partial charge in [-0.25, -0.2) is 0 Å². The first-order chi connectivity index (χ1) is 3.80. The number of aromatic nitrogens is 2. The summed E-state index contributed by atoms with van der Waals surface area (Å²) in [5.41, 5.74) is 0.424. The molecule has 0 radical (unpaired) electrons. The third kappa shape index (κ3) is 1.97. The van der Waals surface area contributed by atoms with Crippen molar-refractivity contribution < 1.29 is 0 Å². The molecule has 0 aliphatic carbocycles. The molecule has 1 heterocycles. The van der Waals surface area contributed by atoms with Crippen molar-refractivity contribution >= 4 is 17.0 Å². The van der Waals surface area contributed by atoms with Gasteiger partial charge in [-0.2, -0.15) is 0 Å². The Morgan fingerprint density at radius 2 is 2.33 bits per heavy atom. The highest BCUT2D eigenvalue weighted by Gasteiger charge is 1.76. The number of hydrogen-bond donors (Lipinski definition) is 1. The summed E-state index contributed by atoms with van der Waals surface area (Å²) in [5, 5.41) is 7.12. The van der Waals surface area contributed by atoms with Crippen molar-refractivity contribution in [2.24, 2.45) is 7.05 Å². The van der Waals surface area contributed by atoms with E-state index in [0.29, 0.717) is 5.49 Å². The molecular weight excluding hydrogens is 182 g/mol. The van der Waals surface area contributed by atoms with Crippen molar-refractivity contribution in [3.63, 3.8) is 0 Å². The molecule has 3 nitrogen and oxygen atoms in total. The van der Waals surface area contributed by atoms with E-state index in [2.05, 4.69) is 4.98 Å². The highest BCUT2D eigenvalue weighted by atomic mass is 79.9. The standard InChI is InChI=1S/C5H7N3.BrH/c1-8-3-2-7-4-5(8)6;/h2-4,6H,1H3;1H. The van der Waals surface area contributed by atoms with Crippen molar-refractivity contribution in [1.29, 1.82) is 5.41 Å². The lowest BCUT2D eigenvalue weighted by Crippen LogP contribution is -2.14. The molecule has 9 heavy (non-hydrogen) atoms. The van der Waals surface area contributed by atoms with E-state index in [-0.39, 0.29) is 17.0 Å². The van der Waals surface area contributed by atoms with Crippen LogP contribution in [0.1, 0.15) is 0 Å². The van der Waals surface area contributed by atoms with Gasteiger partial charge in [0.25, 0.3) is 0 Å². The maximum Gasteiger partial charge on any atom is 0.143 e. The second-order valence-corrected chi connectivity index (χ2v) is 1.57. The Morgan fingerprint density at radius 1 is 1.67 bits per heavy atom. The smallest absolute Gasteiger partial charge is 0.143 e. The van der Waals surface area contributed by atoms with Gasteiger partial charge < -0.3 is 4.57 Å². The van der Waals surface area contributed by atoms with E-state index in [0.717, 1.165) is 0 Å². The maximum atomic E-state index is 7.12. The Labute approximate surface area is 63.6 Å². The SMILES string of the molecule is Br.Cn1ccncc1=N. The zero-order chi connectivity index (χ0) is 5.98. The average Bonchev–Trinajstić information content (AvgIpc) is 1.77. The molecule has 0 aromatic carbocycles. The first kappa shape index (κ1) is 8.36. The van der Waals surface area contributed by atoms with Gasteiger partial charge in [0.15, 0.2) is 0 Å². The molecule has 4 heteroatoms. The minimum atomic E-state index is 0. The minimum Gasteiger partial charge on any atom is -0.334 e. The van der Waals surface area contributed by atoms with E-state index < -0.39 is 0 Å². The molecule has 0 saturated carbocycles. The molecule has 0 bridgehead atoms. The molecule has 1 aromatic rings. The fourth-order valence-corrected chi connectivity index (χ4v) is 0.423. The van der Waals surface area contributed by atoms with E-state index in [1.807, 2.05) is 7.05 Å². The van der Waals surface area contributed by atoms with Gasteiger partial charge in [0.1, 0.15) is 5.49 Å². The average molecular weight is 190 g/mol. The van der Waals surface area contributed by atoms with Gasteiger partial charge >= 0.3 is 0 Å². The lowest BCUT2D eigenvalue weighted by atomic mass is 10.7. The van der Waals surface area contributed by atoms with Crippen LogP contribution in [0.5, 0.6) is 0 Å². The molecule has 1 aromatic heterocycles. The van der Waals surface area contributed by atoms with Crippen molar-refractivity contribution in [2.75, 3.05) is 0 Å². The molecule has 0 aliphatic rings. The van der Waals surface area contributed by atoms with E-state index in [1.165, 1.54) is 6.20 Å². The molecular formula is C5H8BrN3. The van der Waals surface area contributed by atoms with Gasteiger partial charge in [-0.05, 0) is 0 Å². The first-order valence-corrected chi connectivity index (χ1v) is 2.32. The maximum absolute atomic E-state index is 7.12. The van der Waals surface area contributed by atoms with Crippen LogP contribution in [0.15, 0.2) is 18.6 Å². The van der Waals surface area contributed by atoms with Crippen LogP contribution >= 0.6 is 17.0 Å². The highest BCUT2D eigenvalue weighted by Crippen LogP contribution is 1.66. The summed E-state index contributed by atoms with van der Waals surface area (Å²) >= 11 is 0. The van der Waals surface area contributed by atoms with Crippen LogP contribution in [0.25, 0.3) is 0 Å². The van der Waals surface area contributed by atoms with Crippen LogP contribution in [0, 0.1) is 5.41 Å². The molecule has 50 valence electrons. The van der Waals surface area contributed by atoms with Gasteiger partial charge in [0, 0.05) is 19.4 Å². The Balaban J connectivity index is 0.000000640. The molecule has 0 spiro atoms. The van der Waals surface area contributed by atoms with Crippen LogP contribution < -0.4 is 5.49 Å². The molecule has 1 N–H and O–H groups in total. The first-order valence-electron chi connectivity index (χ1n) is 2.32. The summed E-state index contributed by atoms with van der Waals surface area (Å²) < 4.78 is 1.69. The second-order valence-electron chi connectivity index (χ2n) is 1.57. The van der Waals surface area contributed by atoms with Gasteiger partial charge in [-0.1, -0.05) is 0 Å². The topological polar surface area (TPSA) is 41.7 Å². The van der Waals surface area contributed by atoms with Crippen LogP contribution in [0.2, 0.25) is 0 Å². The summed E-state index contributed by atoms with van der Waals surface area (Å²) in [5.74, 6) is 0. The molecule has 0 amide bonds. The Bertz CT molecular complexity index is 230. The van der Waals surface area contributed by atoms with Crippen molar-refractivity contribution in [2.45, 2.75) is 0 Å². The minimum absolute atomic E-state index is 0. The predicted molar refractivity (Wildman–Crippen MR) is 39.4 cm³/mol. The van der Waals surface area contributed by atoms with Crippen LogP contribution in [-0.2, 0) is 7.05 Å².